The van der Waals surface area contributed by atoms with Gasteiger partial charge in [-0.05, 0) is 24.6 Å². The van der Waals surface area contributed by atoms with Gasteiger partial charge in [0.15, 0.2) is 0 Å². The summed E-state index contributed by atoms with van der Waals surface area (Å²) in [6.07, 6.45) is 1.28. The molecule has 37 heavy (non-hydrogen) atoms. The first kappa shape index (κ1) is 26.6. The third kappa shape index (κ3) is 6.68. The van der Waals surface area contributed by atoms with E-state index in [9.17, 15) is 19.2 Å². The van der Waals surface area contributed by atoms with Crippen LogP contribution in [-0.2, 0) is 19.1 Å². The minimum atomic E-state index is -0.778. The number of anilines is 2. The van der Waals surface area contributed by atoms with Crippen molar-refractivity contribution in [2.75, 3.05) is 62.7 Å². The van der Waals surface area contributed by atoms with Crippen LogP contribution in [0.25, 0.3) is 0 Å². The highest BCUT2D eigenvalue weighted by Crippen LogP contribution is 2.28. The standard InChI is InChI=1S/C25H35FN6O5/c1-29(21-4-5-22(33)28-24(21)35)17-2-3-20(19(26)16-17)31-14-12-30(13-15-31)9-8-23(34)32-10-6-18(7-11-32)37-25(27)36/h2-3,16,18,21H,4-15H2,1H3,(H2,27,36)(H,28,33,35). The molecule has 0 spiro atoms. The molecule has 12 heteroatoms. The van der Waals surface area contributed by atoms with E-state index in [2.05, 4.69) is 10.2 Å². The van der Waals surface area contributed by atoms with Crippen LogP contribution in [0.2, 0.25) is 0 Å². The fourth-order valence-corrected chi connectivity index (χ4v) is 5.21. The van der Waals surface area contributed by atoms with Crippen LogP contribution in [-0.4, -0.2) is 98.6 Å². The number of rotatable bonds is 7. The summed E-state index contributed by atoms with van der Waals surface area (Å²) in [7, 11) is 1.73. The smallest absolute Gasteiger partial charge is 0.404 e. The summed E-state index contributed by atoms with van der Waals surface area (Å²) in [5, 5.41) is 2.34. The zero-order chi connectivity index (χ0) is 26.5. The number of hydrogen-bond donors (Lipinski definition) is 2. The van der Waals surface area contributed by atoms with E-state index in [0.29, 0.717) is 69.8 Å². The van der Waals surface area contributed by atoms with Crippen molar-refractivity contribution in [1.29, 1.82) is 0 Å². The number of nitrogens with two attached hydrogens (primary N) is 1. The molecule has 3 aliphatic heterocycles. The molecular weight excluding hydrogens is 483 g/mol. The number of likely N-dealkylation sites (N-methyl/N-ethyl adjacent to an activating group) is 1. The Bertz CT molecular complexity index is 1020. The van der Waals surface area contributed by atoms with Crippen molar-refractivity contribution in [2.24, 2.45) is 5.73 Å². The molecule has 4 amide bonds. The highest BCUT2D eigenvalue weighted by Gasteiger charge is 2.31. The van der Waals surface area contributed by atoms with Crippen LogP contribution >= 0.6 is 0 Å². The summed E-state index contributed by atoms with van der Waals surface area (Å²) >= 11 is 0. The zero-order valence-corrected chi connectivity index (χ0v) is 21.2. The quantitative estimate of drug-likeness (QED) is 0.504. The molecule has 1 aromatic carbocycles. The minimum Gasteiger partial charge on any atom is -0.446 e. The van der Waals surface area contributed by atoms with Crippen LogP contribution in [0.3, 0.4) is 0 Å². The van der Waals surface area contributed by atoms with Crippen molar-refractivity contribution in [3.8, 4) is 0 Å². The molecule has 0 saturated carbocycles. The molecule has 3 fully saturated rings. The number of carbonyl (C=O) groups excluding carboxylic acids is 4. The van der Waals surface area contributed by atoms with Crippen molar-refractivity contribution in [1.82, 2.24) is 15.1 Å². The Kier molecular flexibility index (Phi) is 8.47. The highest BCUT2D eigenvalue weighted by molar-refractivity contribution is 6.01. The molecule has 0 bridgehead atoms. The summed E-state index contributed by atoms with van der Waals surface area (Å²) in [5.41, 5.74) is 6.16. The van der Waals surface area contributed by atoms with Crippen LogP contribution in [0.4, 0.5) is 20.6 Å². The Labute approximate surface area is 215 Å². The summed E-state index contributed by atoms with van der Waals surface area (Å²) in [6, 6.07) is 4.45. The number of likely N-dealkylation sites (tertiary alicyclic amines) is 1. The van der Waals surface area contributed by atoms with Crippen molar-refractivity contribution < 1.29 is 28.3 Å². The van der Waals surface area contributed by atoms with Gasteiger partial charge in [0, 0.05) is 84.2 Å². The van der Waals surface area contributed by atoms with Crippen LogP contribution in [0.1, 0.15) is 32.1 Å². The zero-order valence-electron chi connectivity index (χ0n) is 21.2. The van der Waals surface area contributed by atoms with Gasteiger partial charge < -0.3 is 25.2 Å². The SMILES string of the molecule is CN(c1ccc(N2CCN(CCC(=O)N3CCC(OC(N)=O)CC3)CC2)c(F)c1)C1CCC(=O)NC1=O. The van der Waals surface area contributed by atoms with Crippen molar-refractivity contribution in [3.63, 3.8) is 0 Å². The van der Waals surface area contributed by atoms with Crippen molar-refractivity contribution in [3.05, 3.63) is 24.0 Å². The van der Waals surface area contributed by atoms with Crippen LogP contribution in [0.15, 0.2) is 18.2 Å². The second-order valence-electron chi connectivity index (χ2n) is 9.81. The number of amides is 4. The first-order valence-corrected chi connectivity index (χ1v) is 12.8. The van der Waals surface area contributed by atoms with E-state index in [1.54, 1.807) is 29.0 Å². The third-order valence-electron chi connectivity index (χ3n) is 7.45. The Morgan fingerprint density at radius 2 is 1.81 bits per heavy atom. The number of imide groups is 1. The molecule has 0 aromatic heterocycles. The molecule has 1 unspecified atom stereocenters. The summed E-state index contributed by atoms with van der Waals surface area (Å²) in [5.74, 6) is -0.915. The van der Waals surface area contributed by atoms with E-state index < -0.39 is 12.1 Å². The summed E-state index contributed by atoms with van der Waals surface area (Å²) in [4.78, 5) is 54.8. The number of piperazine rings is 1. The topological polar surface area (TPSA) is 129 Å². The van der Waals surface area contributed by atoms with Gasteiger partial charge in [0.1, 0.15) is 18.0 Å². The lowest BCUT2D eigenvalue weighted by Crippen LogP contribution is -2.51. The normalized spacial score (nSPS) is 21.5. The lowest BCUT2D eigenvalue weighted by molar-refractivity contribution is -0.135. The maximum atomic E-state index is 15.1. The number of primary amides is 1. The van der Waals surface area contributed by atoms with Crippen molar-refractivity contribution in [2.45, 2.75) is 44.2 Å². The highest BCUT2D eigenvalue weighted by atomic mass is 19.1. The Morgan fingerprint density at radius 1 is 1.11 bits per heavy atom. The van der Waals surface area contributed by atoms with Gasteiger partial charge in [-0.1, -0.05) is 0 Å². The van der Waals surface area contributed by atoms with Gasteiger partial charge in [0.05, 0.1) is 5.69 Å². The third-order valence-corrected chi connectivity index (χ3v) is 7.45. The maximum Gasteiger partial charge on any atom is 0.404 e. The maximum absolute atomic E-state index is 15.1. The average Bonchev–Trinajstić information content (AvgIpc) is 2.87. The number of piperidine rings is 2. The van der Waals surface area contributed by atoms with Crippen LogP contribution < -0.4 is 20.9 Å². The first-order chi connectivity index (χ1) is 17.7. The molecule has 3 N–H and O–H groups in total. The second-order valence-corrected chi connectivity index (χ2v) is 9.81. The van der Waals surface area contributed by atoms with Gasteiger partial charge in [-0.2, -0.15) is 0 Å². The fourth-order valence-electron chi connectivity index (χ4n) is 5.21. The lowest BCUT2D eigenvalue weighted by Gasteiger charge is -2.37. The Morgan fingerprint density at radius 3 is 2.43 bits per heavy atom. The van der Waals surface area contributed by atoms with Gasteiger partial charge in [-0.15, -0.1) is 0 Å². The van der Waals surface area contributed by atoms with Gasteiger partial charge in [-0.3, -0.25) is 24.6 Å². The molecule has 3 saturated heterocycles. The molecule has 1 aromatic rings. The number of hydrogen-bond acceptors (Lipinski definition) is 8. The average molecular weight is 519 g/mol. The fraction of sp³-hybridized carbons (Fsp3) is 0.600. The van der Waals surface area contributed by atoms with Gasteiger partial charge in [0.25, 0.3) is 0 Å². The van der Waals surface area contributed by atoms with Gasteiger partial charge in [0.2, 0.25) is 17.7 Å². The second kappa shape index (κ2) is 11.8. The van der Waals surface area contributed by atoms with Gasteiger partial charge in [-0.25, -0.2) is 9.18 Å². The lowest BCUT2D eigenvalue weighted by atomic mass is 10.0. The van der Waals surface area contributed by atoms with E-state index in [0.717, 1.165) is 13.1 Å². The number of nitrogens with one attached hydrogen (secondary N) is 1. The number of nitrogens with zero attached hydrogens (tertiary/aromatic N) is 4. The first-order valence-electron chi connectivity index (χ1n) is 12.8. The largest absolute Gasteiger partial charge is 0.446 e. The number of carbonyl (C=O) groups is 4. The summed E-state index contributed by atoms with van der Waals surface area (Å²) in [6.45, 7) is 4.48. The molecule has 3 aliphatic rings. The predicted octanol–water partition coefficient (Wildman–Crippen LogP) is 0.666. The van der Waals surface area contributed by atoms with Crippen molar-refractivity contribution >= 4 is 35.2 Å². The molecule has 0 radical (unpaired) electrons. The Balaban J connectivity index is 1.22. The molecule has 3 heterocycles. The van der Waals surface area contributed by atoms with Crippen LogP contribution in [0, 0.1) is 5.82 Å². The van der Waals surface area contributed by atoms with E-state index in [1.165, 1.54) is 6.07 Å². The van der Waals surface area contributed by atoms with E-state index >= 15 is 4.39 Å². The van der Waals surface area contributed by atoms with Gasteiger partial charge >= 0.3 is 6.09 Å². The molecule has 1 atom stereocenters. The number of benzene rings is 1. The van der Waals surface area contributed by atoms with E-state index in [4.69, 9.17) is 10.5 Å². The molecule has 0 aliphatic carbocycles. The monoisotopic (exact) mass is 518 g/mol. The Hall–Kier alpha value is -3.41. The molecule has 202 valence electrons. The summed E-state index contributed by atoms with van der Waals surface area (Å²) < 4.78 is 20.1. The molecule has 4 rings (SSSR count). The predicted molar refractivity (Wildman–Crippen MR) is 135 cm³/mol. The van der Waals surface area contributed by atoms with E-state index in [-0.39, 0.29) is 36.1 Å². The minimum absolute atomic E-state index is 0.0849. The number of ether oxygens (including phenoxy) is 1. The van der Waals surface area contributed by atoms with E-state index in [1.807, 2.05) is 4.90 Å². The number of halogens is 1. The molecule has 11 nitrogen and oxygen atoms in total. The van der Waals surface area contributed by atoms with Crippen LogP contribution in [0.5, 0.6) is 0 Å². The molecular formula is C25H35FN6O5.